The fourth-order valence-electron chi connectivity index (χ4n) is 1.23. The van der Waals surface area contributed by atoms with Crippen LogP contribution in [0.1, 0.15) is 26.6 Å². The number of thiazole rings is 2. The van der Waals surface area contributed by atoms with Gasteiger partial charge in [0.05, 0.1) is 16.7 Å². The average Bonchev–Trinajstić information content (AvgIpc) is 2.83. The van der Waals surface area contributed by atoms with Gasteiger partial charge < -0.3 is 5.73 Å². The smallest absolute Gasteiger partial charge is 0.318 e. The Bertz CT molecular complexity index is 518. The third kappa shape index (κ3) is 2.64. The molecule has 2 N–H and O–H groups in total. The Morgan fingerprint density at radius 2 is 2.12 bits per heavy atom. The van der Waals surface area contributed by atoms with Gasteiger partial charge in [0.15, 0.2) is 5.01 Å². The Labute approximate surface area is 103 Å². The minimum atomic E-state index is -4.42. The second kappa shape index (κ2) is 4.35. The van der Waals surface area contributed by atoms with Gasteiger partial charge in [-0.3, -0.25) is 0 Å². The third-order valence-corrected chi connectivity index (χ3v) is 3.95. The molecule has 3 nitrogen and oxygen atoms in total. The lowest BCUT2D eigenvalue weighted by atomic mass is 10.2. The number of halogens is 3. The number of hydrogen-bond donors (Lipinski definition) is 1. The molecule has 8 heteroatoms. The van der Waals surface area contributed by atoms with E-state index in [-0.39, 0.29) is 0 Å². The maximum Gasteiger partial charge on any atom is 0.443 e. The molecular formula is C9H8F3N3S2. The quantitative estimate of drug-likeness (QED) is 0.919. The maximum absolute atomic E-state index is 12.4. The normalized spacial score (nSPS) is 13.9. The summed E-state index contributed by atoms with van der Waals surface area (Å²) in [5.74, 6) is 0. The van der Waals surface area contributed by atoms with Gasteiger partial charge in [-0.25, -0.2) is 9.97 Å². The summed E-state index contributed by atoms with van der Waals surface area (Å²) in [5, 5.41) is 1.69. The van der Waals surface area contributed by atoms with Crippen LogP contribution in [0.3, 0.4) is 0 Å². The molecule has 0 amide bonds. The minimum absolute atomic E-state index is 0.364. The molecule has 92 valence electrons. The van der Waals surface area contributed by atoms with Crippen LogP contribution in [-0.4, -0.2) is 9.97 Å². The van der Waals surface area contributed by atoms with Gasteiger partial charge in [0.1, 0.15) is 0 Å². The molecule has 1 atom stereocenters. The summed E-state index contributed by atoms with van der Waals surface area (Å²) in [6, 6.07) is -0.645. The van der Waals surface area contributed by atoms with Crippen molar-refractivity contribution in [3.8, 4) is 0 Å². The van der Waals surface area contributed by atoms with Crippen molar-refractivity contribution in [2.45, 2.75) is 19.1 Å². The molecule has 0 aliphatic carbocycles. The first-order valence-corrected chi connectivity index (χ1v) is 6.28. The number of hydrogen-bond acceptors (Lipinski definition) is 5. The first-order valence-electron chi connectivity index (χ1n) is 4.58. The summed E-state index contributed by atoms with van der Waals surface area (Å²) in [5.41, 5.74) is 6.41. The number of aromatic nitrogens is 2. The second-order valence-electron chi connectivity index (χ2n) is 3.33. The Morgan fingerprint density at radius 1 is 1.41 bits per heavy atom. The van der Waals surface area contributed by atoms with Crippen LogP contribution in [0.5, 0.6) is 0 Å². The van der Waals surface area contributed by atoms with E-state index in [9.17, 15) is 13.2 Å². The first-order chi connectivity index (χ1) is 7.88. The highest BCUT2D eigenvalue weighted by Crippen LogP contribution is 2.35. The first kappa shape index (κ1) is 12.5. The second-order valence-corrected chi connectivity index (χ2v) is 5.46. The van der Waals surface area contributed by atoms with Crippen LogP contribution >= 0.6 is 22.7 Å². The van der Waals surface area contributed by atoms with Gasteiger partial charge in [-0.2, -0.15) is 13.2 Å². The van der Waals surface area contributed by atoms with E-state index in [0.29, 0.717) is 21.9 Å². The van der Waals surface area contributed by atoms with Crippen molar-refractivity contribution >= 4 is 22.7 Å². The van der Waals surface area contributed by atoms with Crippen LogP contribution in [0, 0.1) is 6.92 Å². The molecule has 0 spiro atoms. The van der Waals surface area contributed by atoms with Crippen molar-refractivity contribution in [2.24, 2.45) is 5.73 Å². The van der Waals surface area contributed by atoms with Crippen LogP contribution in [0.25, 0.3) is 0 Å². The molecule has 0 radical (unpaired) electrons. The zero-order valence-electron chi connectivity index (χ0n) is 8.65. The highest BCUT2D eigenvalue weighted by atomic mass is 32.1. The Morgan fingerprint density at radius 3 is 2.59 bits per heavy atom. The number of rotatable bonds is 2. The monoisotopic (exact) mass is 279 g/mol. The van der Waals surface area contributed by atoms with Crippen LogP contribution in [-0.2, 0) is 6.18 Å². The summed E-state index contributed by atoms with van der Waals surface area (Å²) < 4.78 is 37.1. The Hall–Kier alpha value is -0.990. The van der Waals surface area contributed by atoms with E-state index < -0.39 is 17.2 Å². The summed E-state index contributed by atoms with van der Waals surface area (Å²) in [4.78, 5) is 7.84. The molecule has 0 aliphatic rings. The fourth-order valence-corrected chi connectivity index (χ4v) is 2.68. The number of aryl methyl sites for hydroxylation is 1. The Kier molecular flexibility index (Phi) is 3.19. The van der Waals surface area contributed by atoms with Crippen molar-refractivity contribution in [3.05, 3.63) is 32.2 Å². The molecule has 0 saturated heterocycles. The molecule has 1 unspecified atom stereocenters. The molecule has 17 heavy (non-hydrogen) atoms. The van der Waals surface area contributed by atoms with Crippen LogP contribution < -0.4 is 5.73 Å². The molecule has 0 fully saturated rings. The predicted octanol–water partition coefficient (Wildman–Crippen LogP) is 2.97. The van der Waals surface area contributed by atoms with Crippen molar-refractivity contribution in [1.29, 1.82) is 0 Å². The zero-order valence-corrected chi connectivity index (χ0v) is 10.3. The van der Waals surface area contributed by atoms with Crippen LogP contribution in [0.15, 0.2) is 11.6 Å². The largest absolute Gasteiger partial charge is 0.443 e. The van der Waals surface area contributed by atoms with Crippen molar-refractivity contribution in [2.75, 3.05) is 0 Å². The van der Waals surface area contributed by atoms with Gasteiger partial charge >= 0.3 is 6.18 Å². The molecule has 2 heterocycles. The number of nitrogens with two attached hydrogens (primary N) is 1. The molecule has 0 saturated carbocycles. The average molecular weight is 279 g/mol. The highest BCUT2D eigenvalue weighted by Gasteiger charge is 2.35. The van der Waals surface area contributed by atoms with E-state index in [4.69, 9.17) is 5.73 Å². The summed E-state index contributed by atoms with van der Waals surface area (Å²) in [7, 11) is 0. The van der Waals surface area contributed by atoms with E-state index >= 15 is 0 Å². The van der Waals surface area contributed by atoms with Gasteiger partial charge in [0, 0.05) is 16.5 Å². The number of nitrogens with zero attached hydrogens (tertiary/aromatic N) is 2. The zero-order chi connectivity index (χ0) is 12.6. The molecule has 0 bridgehead atoms. The maximum atomic E-state index is 12.4. The van der Waals surface area contributed by atoms with Gasteiger partial charge in [-0.05, 0) is 6.92 Å². The van der Waals surface area contributed by atoms with Gasteiger partial charge in [0.2, 0.25) is 0 Å². The van der Waals surface area contributed by atoms with Crippen LogP contribution in [0.4, 0.5) is 13.2 Å². The Balaban J connectivity index is 2.26. The summed E-state index contributed by atoms with van der Waals surface area (Å²) in [6.07, 6.45) is -3.26. The van der Waals surface area contributed by atoms with Gasteiger partial charge in [-0.1, -0.05) is 0 Å². The molecule has 0 aliphatic heterocycles. The topological polar surface area (TPSA) is 51.8 Å². The van der Waals surface area contributed by atoms with Crippen molar-refractivity contribution in [1.82, 2.24) is 9.97 Å². The van der Waals surface area contributed by atoms with E-state index in [1.54, 1.807) is 5.38 Å². The van der Waals surface area contributed by atoms with Crippen molar-refractivity contribution in [3.63, 3.8) is 0 Å². The van der Waals surface area contributed by atoms with Crippen molar-refractivity contribution < 1.29 is 13.2 Å². The number of alkyl halides is 3. The predicted molar refractivity (Wildman–Crippen MR) is 60.0 cm³/mol. The van der Waals surface area contributed by atoms with E-state index in [2.05, 4.69) is 9.97 Å². The highest BCUT2D eigenvalue weighted by molar-refractivity contribution is 7.12. The lowest BCUT2D eigenvalue weighted by Gasteiger charge is -2.04. The molecule has 0 aromatic carbocycles. The minimum Gasteiger partial charge on any atom is -0.318 e. The third-order valence-electron chi connectivity index (χ3n) is 2.03. The summed E-state index contributed by atoms with van der Waals surface area (Å²) >= 11 is 1.97. The van der Waals surface area contributed by atoms with E-state index in [1.165, 1.54) is 11.3 Å². The fraction of sp³-hybridized carbons (Fsp3) is 0.333. The van der Waals surface area contributed by atoms with E-state index in [0.717, 1.165) is 11.2 Å². The van der Waals surface area contributed by atoms with E-state index in [1.807, 2.05) is 6.92 Å². The molecule has 2 rings (SSSR count). The SMILES string of the molecule is Cc1nc(C(N)c2cnc(C(F)(F)F)s2)cs1. The molecule has 2 aromatic heterocycles. The summed E-state index contributed by atoms with van der Waals surface area (Å²) in [6.45, 7) is 1.81. The van der Waals surface area contributed by atoms with Gasteiger partial charge in [0.25, 0.3) is 0 Å². The molecule has 2 aromatic rings. The van der Waals surface area contributed by atoms with Gasteiger partial charge in [-0.15, -0.1) is 22.7 Å². The standard InChI is InChI=1S/C9H8F3N3S2/c1-4-15-5(3-16-4)7(13)6-2-14-8(17-6)9(10,11)12/h2-3,7H,13H2,1H3. The lowest BCUT2D eigenvalue weighted by molar-refractivity contribution is -0.137. The van der Waals surface area contributed by atoms with Crippen LogP contribution in [0.2, 0.25) is 0 Å². The lowest BCUT2D eigenvalue weighted by Crippen LogP contribution is -2.10. The molecular weight excluding hydrogens is 271 g/mol.